The zero-order valence-electron chi connectivity index (χ0n) is 14.5. The van der Waals surface area contributed by atoms with E-state index < -0.39 is 5.97 Å². The van der Waals surface area contributed by atoms with Crippen LogP contribution in [0.25, 0.3) is 0 Å². The predicted octanol–water partition coefficient (Wildman–Crippen LogP) is 4.11. The van der Waals surface area contributed by atoms with E-state index in [1.807, 2.05) is 18.2 Å². The van der Waals surface area contributed by atoms with Gasteiger partial charge in [0.05, 0.1) is 11.1 Å². The van der Waals surface area contributed by atoms with E-state index in [0.29, 0.717) is 15.8 Å². The highest BCUT2D eigenvalue weighted by atomic mass is 35.5. The van der Waals surface area contributed by atoms with Gasteiger partial charge in [0.2, 0.25) is 0 Å². The van der Waals surface area contributed by atoms with E-state index in [1.165, 1.54) is 11.6 Å². The molecule has 1 aliphatic rings. The Bertz CT molecular complexity index is 840. The number of hydrogen-bond donors (Lipinski definition) is 1. The molecule has 0 bridgehead atoms. The van der Waals surface area contributed by atoms with Gasteiger partial charge >= 0.3 is 5.97 Å². The lowest BCUT2D eigenvalue weighted by molar-refractivity contribution is -0.150. The van der Waals surface area contributed by atoms with Gasteiger partial charge < -0.3 is 14.8 Å². The zero-order valence-corrected chi connectivity index (χ0v) is 16.1. The fraction of sp³-hybridized carbons (Fsp3) is 0.300. The number of carbonyl (C=O) groups is 2. The quantitative estimate of drug-likeness (QED) is 0.731. The molecule has 1 N–H and O–H groups in total. The first-order valence-corrected chi connectivity index (χ1v) is 9.39. The first-order chi connectivity index (χ1) is 13.0. The number of esters is 1. The number of aryl methyl sites for hydroxylation is 1. The Balaban J connectivity index is 1.45. The summed E-state index contributed by atoms with van der Waals surface area (Å²) in [6.45, 7) is -0.698. The molecule has 2 aromatic carbocycles. The monoisotopic (exact) mass is 407 g/mol. The fourth-order valence-electron chi connectivity index (χ4n) is 3.06. The number of hydrogen-bond acceptors (Lipinski definition) is 4. The Morgan fingerprint density at radius 2 is 1.93 bits per heavy atom. The molecule has 0 radical (unpaired) electrons. The number of amides is 1. The van der Waals surface area contributed by atoms with Gasteiger partial charge in [-0.2, -0.15) is 0 Å². The average Bonchev–Trinajstić information content (AvgIpc) is 2.66. The number of ether oxygens (including phenoxy) is 2. The van der Waals surface area contributed by atoms with Crippen LogP contribution in [0.15, 0.2) is 42.5 Å². The Kier molecular flexibility index (Phi) is 6.58. The van der Waals surface area contributed by atoms with Crippen molar-refractivity contribution in [2.24, 2.45) is 0 Å². The van der Waals surface area contributed by atoms with Crippen LogP contribution in [0.2, 0.25) is 10.0 Å². The lowest BCUT2D eigenvalue weighted by Gasteiger charge is -2.26. The molecule has 0 heterocycles. The molecule has 0 aliphatic heterocycles. The van der Waals surface area contributed by atoms with Crippen molar-refractivity contribution < 1.29 is 19.1 Å². The molecule has 7 heteroatoms. The maximum Gasteiger partial charge on any atom is 0.344 e. The van der Waals surface area contributed by atoms with Crippen molar-refractivity contribution in [1.82, 2.24) is 5.32 Å². The molecule has 1 amide bonds. The molecule has 5 nitrogen and oxygen atoms in total. The summed E-state index contributed by atoms with van der Waals surface area (Å²) in [7, 11) is 0. The smallest absolute Gasteiger partial charge is 0.344 e. The standard InChI is InChI=1S/C20H19Cl2NO4/c21-14-8-9-18(16(22)10-14)26-12-20(25)27-11-19(24)23-17-7-3-5-13-4-1-2-6-15(13)17/h1-2,4,6,8-10,17H,3,5,7,11-12H2,(H,23,24). The topological polar surface area (TPSA) is 64.6 Å². The molecule has 2 aromatic rings. The van der Waals surface area contributed by atoms with Crippen LogP contribution in [0.5, 0.6) is 5.75 Å². The second-order valence-electron chi connectivity index (χ2n) is 6.24. The van der Waals surface area contributed by atoms with Crippen LogP contribution in [0.1, 0.15) is 30.0 Å². The highest BCUT2D eigenvalue weighted by Gasteiger charge is 2.21. The van der Waals surface area contributed by atoms with Gasteiger partial charge in [-0.05, 0) is 48.6 Å². The number of halogens is 2. The normalized spacial score (nSPS) is 15.6. The molecule has 1 aliphatic carbocycles. The molecule has 142 valence electrons. The van der Waals surface area contributed by atoms with E-state index in [9.17, 15) is 9.59 Å². The van der Waals surface area contributed by atoms with E-state index in [-0.39, 0.29) is 25.2 Å². The van der Waals surface area contributed by atoms with Crippen LogP contribution >= 0.6 is 23.2 Å². The maximum atomic E-state index is 12.1. The fourth-order valence-corrected chi connectivity index (χ4v) is 3.52. The highest BCUT2D eigenvalue weighted by molar-refractivity contribution is 6.35. The molecule has 27 heavy (non-hydrogen) atoms. The van der Waals surface area contributed by atoms with Gasteiger partial charge in [0.15, 0.2) is 13.2 Å². The van der Waals surface area contributed by atoms with Crippen molar-refractivity contribution in [1.29, 1.82) is 0 Å². The molecule has 0 saturated carbocycles. The van der Waals surface area contributed by atoms with E-state index in [1.54, 1.807) is 12.1 Å². The second kappa shape index (κ2) is 9.11. The van der Waals surface area contributed by atoms with Crippen LogP contribution in [0, 0.1) is 0 Å². The number of nitrogens with one attached hydrogen (secondary N) is 1. The minimum Gasteiger partial charge on any atom is -0.480 e. The summed E-state index contributed by atoms with van der Waals surface area (Å²) >= 11 is 11.8. The summed E-state index contributed by atoms with van der Waals surface area (Å²) in [6, 6.07) is 12.7. The van der Waals surface area contributed by atoms with Gasteiger partial charge in [-0.3, -0.25) is 4.79 Å². The third kappa shape index (κ3) is 5.37. The van der Waals surface area contributed by atoms with Crippen LogP contribution in [-0.4, -0.2) is 25.1 Å². The summed E-state index contributed by atoms with van der Waals surface area (Å²) < 4.78 is 10.3. The summed E-state index contributed by atoms with van der Waals surface area (Å²) in [6.07, 6.45) is 2.90. The van der Waals surface area contributed by atoms with Gasteiger partial charge in [-0.25, -0.2) is 4.79 Å². The van der Waals surface area contributed by atoms with Crippen molar-refractivity contribution in [3.05, 3.63) is 63.6 Å². The van der Waals surface area contributed by atoms with Gasteiger partial charge in [0.25, 0.3) is 5.91 Å². The van der Waals surface area contributed by atoms with Crippen LogP contribution in [-0.2, 0) is 20.7 Å². The molecule has 0 aromatic heterocycles. The van der Waals surface area contributed by atoms with Crippen molar-refractivity contribution in [2.45, 2.75) is 25.3 Å². The Morgan fingerprint density at radius 1 is 1.11 bits per heavy atom. The van der Waals surface area contributed by atoms with E-state index >= 15 is 0 Å². The Morgan fingerprint density at radius 3 is 2.74 bits per heavy atom. The van der Waals surface area contributed by atoms with Crippen LogP contribution < -0.4 is 10.1 Å². The van der Waals surface area contributed by atoms with E-state index in [2.05, 4.69) is 11.4 Å². The van der Waals surface area contributed by atoms with E-state index in [4.69, 9.17) is 32.7 Å². The molecule has 1 atom stereocenters. The molecule has 0 saturated heterocycles. The van der Waals surface area contributed by atoms with Crippen molar-refractivity contribution in [2.75, 3.05) is 13.2 Å². The van der Waals surface area contributed by atoms with Crippen molar-refractivity contribution in [3.63, 3.8) is 0 Å². The average molecular weight is 408 g/mol. The first-order valence-electron chi connectivity index (χ1n) is 8.63. The van der Waals surface area contributed by atoms with E-state index in [0.717, 1.165) is 24.8 Å². The number of fused-ring (bicyclic) bond motifs is 1. The largest absolute Gasteiger partial charge is 0.480 e. The molecule has 0 spiro atoms. The number of benzene rings is 2. The Hall–Kier alpha value is -2.24. The zero-order chi connectivity index (χ0) is 19.2. The highest BCUT2D eigenvalue weighted by Crippen LogP contribution is 2.29. The summed E-state index contributed by atoms with van der Waals surface area (Å²) in [5.41, 5.74) is 2.38. The second-order valence-corrected chi connectivity index (χ2v) is 7.08. The van der Waals surface area contributed by atoms with Gasteiger partial charge in [-0.15, -0.1) is 0 Å². The molecule has 3 rings (SSSR count). The summed E-state index contributed by atoms with van der Waals surface area (Å²) in [5.74, 6) is -0.670. The Labute approximate surface area is 167 Å². The van der Waals surface area contributed by atoms with Crippen molar-refractivity contribution >= 4 is 35.1 Å². The number of carbonyl (C=O) groups excluding carboxylic acids is 2. The summed E-state index contributed by atoms with van der Waals surface area (Å²) in [4.78, 5) is 23.9. The maximum absolute atomic E-state index is 12.1. The molecular weight excluding hydrogens is 389 g/mol. The third-order valence-corrected chi connectivity index (χ3v) is 4.84. The van der Waals surface area contributed by atoms with Crippen LogP contribution in [0.4, 0.5) is 0 Å². The summed E-state index contributed by atoms with van der Waals surface area (Å²) in [5, 5.41) is 3.69. The van der Waals surface area contributed by atoms with Crippen molar-refractivity contribution in [3.8, 4) is 5.75 Å². The van der Waals surface area contributed by atoms with Gasteiger partial charge in [-0.1, -0.05) is 47.5 Å². The molecule has 1 unspecified atom stereocenters. The first kappa shape index (κ1) is 19.5. The predicted molar refractivity (Wildman–Crippen MR) is 103 cm³/mol. The van der Waals surface area contributed by atoms with Gasteiger partial charge in [0, 0.05) is 5.02 Å². The van der Waals surface area contributed by atoms with Crippen LogP contribution in [0.3, 0.4) is 0 Å². The van der Waals surface area contributed by atoms with Gasteiger partial charge in [0.1, 0.15) is 5.75 Å². The minimum absolute atomic E-state index is 0.0507. The SMILES string of the molecule is O=C(COC(=O)COc1ccc(Cl)cc1Cl)NC1CCCc2ccccc21. The molecular formula is C20H19Cl2NO4. The minimum atomic E-state index is -0.653. The third-order valence-electron chi connectivity index (χ3n) is 4.31. The lowest BCUT2D eigenvalue weighted by Crippen LogP contribution is -2.34. The lowest BCUT2D eigenvalue weighted by atomic mass is 9.88. The molecule has 0 fully saturated rings. The number of rotatable bonds is 6.